The quantitative estimate of drug-likeness (QED) is 0.723. The molecule has 0 fully saturated rings. The smallest absolute Gasteiger partial charge is 0.112 e. The average molecular weight is 255 g/mol. The topological polar surface area (TPSA) is 30.5 Å². The summed E-state index contributed by atoms with van der Waals surface area (Å²) in [7, 11) is 0. The monoisotopic (exact) mass is 255 g/mol. The average Bonchev–Trinajstić information content (AvgIpc) is 2.39. The molecule has 0 saturated carbocycles. The van der Waals surface area contributed by atoms with E-state index in [1.165, 1.54) is 0 Å². The van der Waals surface area contributed by atoms with E-state index in [2.05, 4.69) is 39.1 Å². The molecule has 1 N–H and O–H groups in total. The zero-order valence-electron chi connectivity index (χ0n) is 12.4. The minimum Gasteiger partial charge on any atom is -0.496 e. The molecule has 1 aliphatic rings. The van der Waals surface area contributed by atoms with Gasteiger partial charge in [-0.3, -0.25) is 0 Å². The molecule has 0 radical (unpaired) electrons. The van der Waals surface area contributed by atoms with Crippen molar-refractivity contribution < 1.29 is 9.47 Å². The Labute approximate surface area is 112 Å². The second-order valence-corrected chi connectivity index (χ2v) is 5.19. The standard InChI is InChI=1S/C15H29NO2/c1-5-10-16-14(13-9-7-8-11-18-13)15(12(3)4)17-6-2/h9,12,14-16H,5-8,10-11H2,1-4H3. The zero-order chi connectivity index (χ0) is 13.4. The maximum absolute atomic E-state index is 5.93. The number of hydrogen-bond donors (Lipinski definition) is 1. The summed E-state index contributed by atoms with van der Waals surface area (Å²) in [6.45, 7) is 11.3. The number of ether oxygens (including phenoxy) is 2. The minimum atomic E-state index is 0.186. The summed E-state index contributed by atoms with van der Waals surface area (Å²) in [5.41, 5.74) is 0. The van der Waals surface area contributed by atoms with Crippen LogP contribution >= 0.6 is 0 Å². The van der Waals surface area contributed by atoms with Gasteiger partial charge in [-0.15, -0.1) is 0 Å². The van der Waals surface area contributed by atoms with Crippen LogP contribution in [-0.2, 0) is 9.47 Å². The molecule has 1 rings (SSSR count). The Balaban J connectivity index is 2.76. The van der Waals surface area contributed by atoms with Crippen molar-refractivity contribution in [3.63, 3.8) is 0 Å². The first kappa shape index (κ1) is 15.5. The van der Waals surface area contributed by atoms with Gasteiger partial charge in [0.1, 0.15) is 5.76 Å². The highest BCUT2D eigenvalue weighted by atomic mass is 16.5. The fourth-order valence-corrected chi connectivity index (χ4v) is 2.34. The molecular weight excluding hydrogens is 226 g/mol. The maximum Gasteiger partial charge on any atom is 0.112 e. The van der Waals surface area contributed by atoms with Gasteiger partial charge in [-0.2, -0.15) is 0 Å². The highest BCUT2D eigenvalue weighted by molar-refractivity contribution is 5.09. The van der Waals surface area contributed by atoms with Gasteiger partial charge in [0.05, 0.1) is 18.8 Å². The van der Waals surface area contributed by atoms with E-state index < -0.39 is 0 Å². The predicted octanol–water partition coefficient (Wildman–Crippen LogP) is 3.11. The van der Waals surface area contributed by atoms with E-state index >= 15 is 0 Å². The van der Waals surface area contributed by atoms with Crippen LogP contribution < -0.4 is 5.32 Å². The molecule has 0 bridgehead atoms. The van der Waals surface area contributed by atoms with Crippen LogP contribution in [0.5, 0.6) is 0 Å². The Morgan fingerprint density at radius 3 is 2.67 bits per heavy atom. The van der Waals surface area contributed by atoms with Gasteiger partial charge in [-0.25, -0.2) is 0 Å². The Bertz CT molecular complexity index is 251. The van der Waals surface area contributed by atoms with Gasteiger partial charge in [0.25, 0.3) is 0 Å². The third-order valence-electron chi connectivity index (χ3n) is 3.23. The number of nitrogens with one attached hydrogen (secondary N) is 1. The van der Waals surface area contributed by atoms with Crippen LogP contribution in [0.4, 0.5) is 0 Å². The Hall–Kier alpha value is -0.540. The van der Waals surface area contributed by atoms with Crippen LogP contribution in [-0.4, -0.2) is 31.9 Å². The van der Waals surface area contributed by atoms with Crippen LogP contribution in [0.25, 0.3) is 0 Å². The van der Waals surface area contributed by atoms with E-state index in [9.17, 15) is 0 Å². The summed E-state index contributed by atoms with van der Waals surface area (Å²) in [5, 5.41) is 3.59. The number of hydrogen-bond acceptors (Lipinski definition) is 3. The molecule has 18 heavy (non-hydrogen) atoms. The maximum atomic E-state index is 5.93. The highest BCUT2D eigenvalue weighted by Crippen LogP contribution is 2.22. The Morgan fingerprint density at radius 2 is 2.17 bits per heavy atom. The lowest BCUT2D eigenvalue weighted by Gasteiger charge is -2.33. The van der Waals surface area contributed by atoms with Crippen molar-refractivity contribution in [1.29, 1.82) is 0 Å². The van der Waals surface area contributed by atoms with E-state index in [1.807, 2.05) is 0 Å². The lowest BCUT2D eigenvalue weighted by molar-refractivity contribution is -0.00458. The first-order valence-electron chi connectivity index (χ1n) is 7.38. The van der Waals surface area contributed by atoms with Crippen LogP contribution in [0.15, 0.2) is 11.8 Å². The van der Waals surface area contributed by atoms with Crippen molar-refractivity contribution in [2.24, 2.45) is 5.92 Å². The number of rotatable bonds is 8. The molecule has 106 valence electrons. The molecule has 1 aliphatic heterocycles. The molecule has 3 nitrogen and oxygen atoms in total. The molecular formula is C15H29NO2. The predicted molar refractivity (Wildman–Crippen MR) is 75.6 cm³/mol. The largest absolute Gasteiger partial charge is 0.496 e. The van der Waals surface area contributed by atoms with Crippen molar-refractivity contribution in [1.82, 2.24) is 5.32 Å². The normalized spacial score (nSPS) is 19.3. The third kappa shape index (κ3) is 4.62. The second-order valence-electron chi connectivity index (χ2n) is 5.19. The fourth-order valence-electron chi connectivity index (χ4n) is 2.34. The van der Waals surface area contributed by atoms with Gasteiger partial charge in [-0.05, 0) is 44.7 Å². The molecule has 1 heterocycles. The van der Waals surface area contributed by atoms with E-state index in [0.29, 0.717) is 5.92 Å². The molecule has 0 aromatic carbocycles. The highest BCUT2D eigenvalue weighted by Gasteiger charge is 2.29. The molecule has 0 spiro atoms. The number of allylic oxidation sites excluding steroid dienone is 1. The minimum absolute atomic E-state index is 0.186. The van der Waals surface area contributed by atoms with Crippen molar-refractivity contribution in [2.75, 3.05) is 19.8 Å². The molecule has 0 aromatic heterocycles. The molecule has 0 amide bonds. The molecule has 0 aliphatic carbocycles. The molecule has 0 saturated heterocycles. The summed E-state index contributed by atoms with van der Waals surface area (Å²) < 4.78 is 11.8. The van der Waals surface area contributed by atoms with Gasteiger partial charge < -0.3 is 14.8 Å². The summed E-state index contributed by atoms with van der Waals surface area (Å²) in [6, 6.07) is 0.199. The van der Waals surface area contributed by atoms with Gasteiger partial charge in [0, 0.05) is 6.61 Å². The van der Waals surface area contributed by atoms with Crippen molar-refractivity contribution in [3.05, 3.63) is 11.8 Å². The first-order chi connectivity index (χ1) is 8.70. The summed E-state index contributed by atoms with van der Waals surface area (Å²) in [4.78, 5) is 0. The first-order valence-corrected chi connectivity index (χ1v) is 7.38. The van der Waals surface area contributed by atoms with Crippen molar-refractivity contribution >= 4 is 0 Å². The summed E-state index contributed by atoms with van der Waals surface area (Å²) >= 11 is 0. The SMILES string of the molecule is CCCNC(C1=CCCCO1)C(OCC)C(C)C. The lowest BCUT2D eigenvalue weighted by atomic mass is 9.96. The molecule has 0 aromatic rings. The van der Waals surface area contributed by atoms with Crippen LogP contribution in [0.2, 0.25) is 0 Å². The van der Waals surface area contributed by atoms with Crippen molar-refractivity contribution in [2.45, 2.75) is 59.1 Å². The van der Waals surface area contributed by atoms with Gasteiger partial charge >= 0.3 is 0 Å². The van der Waals surface area contributed by atoms with E-state index in [1.54, 1.807) is 0 Å². The van der Waals surface area contributed by atoms with Crippen LogP contribution in [0.1, 0.15) is 47.0 Å². The second kappa shape index (κ2) is 8.54. The van der Waals surface area contributed by atoms with Crippen molar-refractivity contribution in [3.8, 4) is 0 Å². The Kier molecular flexibility index (Phi) is 7.36. The zero-order valence-corrected chi connectivity index (χ0v) is 12.4. The van der Waals surface area contributed by atoms with Crippen LogP contribution in [0.3, 0.4) is 0 Å². The summed E-state index contributed by atoms with van der Waals surface area (Å²) in [6.07, 6.45) is 5.79. The molecule has 2 atom stereocenters. The van der Waals surface area contributed by atoms with E-state index in [-0.39, 0.29) is 12.1 Å². The van der Waals surface area contributed by atoms with E-state index in [0.717, 1.165) is 44.8 Å². The van der Waals surface area contributed by atoms with Crippen LogP contribution in [0, 0.1) is 5.92 Å². The van der Waals surface area contributed by atoms with E-state index in [4.69, 9.17) is 9.47 Å². The molecule has 3 heteroatoms. The van der Waals surface area contributed by atoms with Gasteiger partial charge in [0.2, 0.25) is 0 Å². The van der Waals surface area contributed by atoms with Gasteiger partial charge in [-0.1, -0.05) is 20.8 Å². The fraction of sp³-hybridized carbons (Fsp3) is 0.867. The third-order valence-corrected chi connectivity index (χ3v) is 3.23. The Morgan fingerprint density at radius 1 is 1.39 bits per heavy atom. The van der Waals surface area contributed by atoms with Gasteiger partial charge in [0.15, 0.2) is 0 Å². The summed E-state index contributed by atoms with van der Waals surface area (Å²) in [5.74, 6) is 1.56. The molecule has 2 unspecified atom stereocenters. The lowest BCUT2D eigenvalue weighted by Crippen LogP contribution is -2.46.